The molecule has 1 aliphatic heterocycles. The number of benzene rings is 2. The van der Waals surface area contributed by atoms with Crippen molar-refractivity contribution in [2.24, 2.45) is 7.05 Å². The van der Waals surface area contributed by atoms with E-state index in [2.05, 4.69) is 52.2 Å². The molecule has 1 N–H and O–H groups in total. The molecule has 0 atom stereocenters. The van der Waals surface area contributed by atoms with Crippen LogP contribution in [0.1, 0.15) is 6.42 Å². The van der Waals surface area contributed by atoms with E-state index in [-0.39, 0.29) is 0 Å². The fourth-order valence-corrected chi connectivity index (χ4v) is 4.36. The number of anilines is 1. The second-order valence-corrected chi connectivity index (χ2v) is 7.42. The molecule has 2 aromatic carbocycles. The predicted octanol–water partition coefficient (Wildman–Crippen LogP) is 4.33. The number of para-hydroxylation sites is 1. The van der Waals surface area contributed by atoms with E-state index in [0.29, 0.717) is 0 Å². The van der Waals surface area contributed by atoms with Crippen LogP contribution >= 0.6 is 11.6 Å². The number of rotatable bonds is 1. The molecule has 1 aliphatic rings. The lowest BCUT2D eigenvalue weighted by Crippen LogP contribution is -2.28. The maximum Gasteiger partial charge on any atom is 0.143 e. The summed E-state index contributed by atoms with van der Waals surface area (Å²) in [5, 5.41) is 7.90. The van der Waals surface area contributed by atoms with Crippen LogP contribution in [0.5, 0.6) is 0 Å². The molecule has 3 heterocycles. The number of hydrogen-bond donors (Lipinski definition) is 1. The molecule has 1 saturated heterocycles. The van der Waals surface area contributed by atoms with Crippen molar-refractivity contribution in [3.8, 4) is 0 Å². The Hall–Kier alpha value is -2.30. The summed E-state index contributed by atoms with van der Waals surface area (Å²) < 4.78 is 2.21. The Morgan fingerprint density at radius 3 is 2.85 bits per heavy atom. The second-order valence-electron chi connectivity index (χ2n) is 6.99. The first-order chi connectivity index (χ1) is 12.7. The predicted molar refractivity (Wildman–Crippen MR) is 110 cm³/mol. The van der Waals surface area contributed by atoms with Gasteiger partial charge in [-0.25, -0.2) is 4.98 Å². The third-order valence-electron chi connectivity index (χ3n) is 5.41. The van der Waals surface area contributed by atoms with Crippen molar-refractivity contribution in [2.45, 2.75) is 6.42 Å². The van der Waals surface area contributed by atoms with E-state index < -0.39 is 0 Å². The van der Waals surface area contributed by atoms with E-state index in [1.165, 1.54) is 22.0 Å². The van der Waals surface area contributed by atoms with Gasteiger partial charge in [0.25, 0.3) is 0 Å². The van der Waals surface area contributed by atoms with Gasteiger partial charge >= 0.3 is 0 Å². The zero-order valence-electron chi connectivity index (χ0n) is 14.8. The monoisotopic (exact) mass is 364 g/mol. The largest absolute Gasteiger partial charge is 0.369 e. The van der Waals surface area contributed by atoms with Gasteiger partial charge in [-0.3, -0.25) is 0 Å². The van der Waals surface area contributed by atoms with Crippen molar-refractivity contribution in [1.82, 2.24) is 14.9 Å². The van der Waals surface area contributed by atoms with E-state index in [9.17, 15) is 0 Å². The lowest BCUT2D eigenvalue weighted by Gasteiger charge is -2.25. The minimum Gasteiger partial charge on any atom is -0.369 e. The van der Waals surface area contributed by atoms with Crippen LogP contribution in [0, 0.1) is 0 Å². The highest BCUT2D eigenvalue weighted by Gasteiger charge is 2.21. The molecule has 0 saturated carbocycles. The molecule has 0 bridgehead atoms. The molecule has 0 amide bonds. The summed E-state index contributed by atoms with van der Waals surface area (Å²) in [5.41, 5.74) is 4.52. The summed E-state index contributed by atoms with van der Waals surface area (Å²) >= 11 is 6.37. The molecule has 0 unspecified atom stereocenters. The van der Waals surface area contributed by atoms with Gasteiger partial charge in [0, 0.05) is 42.5 Å². The fourth-order valence-electron chi connectivity index (χ4n) is 4.19. The van der Waals surface area contributed by atoms with Gasteiger partial charge in [-0.05, 0) is 37.2 Å². The van der Waals surface area contributed by atoms with Crippen LogP contribution in [0.4, 0.5) is 5.69 Å². The number of pyridine rings is 1. The summed E-state index contributed by atoms with van der Waals surface area (Å²) in [6.45, 7) is 4.09. The molecule has 132 valence electrons. The molecule has 2 aromatic heterocycles. The quantitative estimate of drug-likeness (QED) is 0.545. The zero-order valence-corrected chi connectivity index (χ0v) is 15.6. The lowest BCUT2D eigenvalue weighted by atomic mass is 10.1. The topological polar surface area (TPSA) is 33.1 Å². The summed E-state index contributed by atoms with van der Waals surface area (Å²) in [6.07, 6.45) is 1.14. The van der Waals surface area contributed by atoms with Gasteiger partial charge in [0.15, 0.2) is 0 Å². The van der Waals surface area contributed by atoms with Crippen LogP contribution in [0.25, 0.3) is 32.8 Å². The van der Waals surface area contributed by atoms with Gasteiger partial charge in [-0.2, -0.15) is 0 Å². The minimum absolute atomic E-state index is 0.757. The van der Waals surface area contributed by atoms with Gasteiger partial charge in [-0.15, -0.1) is 0 Å². The summed E-state index contributed by atoms with van der Waals surface area (Å²) in [7, 11) is 2.10. The Kier molecular flexibility index (Phi) is 3.76. The van der Waals surface area contributed by atoms with Crippen molar-refractivity contribution in [1.29, 1.82) is 0 Å². The van der Waals surface area contributed by atoms with Gasteiger partial charge in [0.2, 0.25) is 0 Å². The molecule has 4 aromatic rings. The van der Waals surface area contributed by atoms with E-state index in [1.54, 1.807) is 0 Å². The molecule has 0 aliphatic carbocycles. The molecule has 0 radical (unpaired) electrons. The van der Waals surface area contributed by atoms with Crippen LogP contribution in [0.15, 0.2) is 42.5 Å². The van der Waals surface area contributed by atoms with Gasteiger partial charge in [-0.1, -0.05) is 29.8 Å². The van der Waals surface area contributed by atoms with Crippen molar-refractivity contribution in [3.05, 3.63) is 47.5 Å². The molecule has 4 nitrogen and oxygen atoms in total. The van der Waals surface area contributed by atoms with Gasteiger partial charge < -0.3 is 14.8 Å². The Labute approximate surface area is 157 Å². The average molecular weight is 365 g/mol. The number of hydrogen-bond acceptors (Lipinski definition) is 3. The highest BCUT2D eigenvalue weighted by molar-refractivity contribution is 6.32. The summed E-state index contributed by atoms with van der Waals surface area (Å²) in [6, 6.07) is 14.6. The van der Waals surface area contributed by atoms with Crippen molar-refractivity contribution < 1.29 is 0 Å². The molecule has 5 heteroatoms. The molecular weight excluding hydrogens is 344 g/mol. The van der Waals surface area contributed by atoms with E-state index in [0.717, 1.165) is 54.2 Å². The SMILES string of the molecule is Cn1c2ccccc2c2c(N3CCCNCC3)c3cc(Cl)ccc3nc21. The maximum absolute atomic E-state index is 6.37. The van der Waals surface area contributed by atoms with Crippen molar-refractivity contribution in [3.63, 3.8) is 0 Å². The highest BCUT2D eigenvalue weighted by atomic mass is 35.5. The van der Waals surface area contributed by atoms with Crippen LogP contribution in [0.2, 0.25) is 5.02 Å². The first-order valence-electron chi connectivity index (χ1n) is 9.16. The molecular formula is C21H21ClN4. The average Bonchev–Trinajstić information content (AvgIpc) is 2.83. The summed E-state index contributed by atoms with van der Waals surface area (Å²) in [5.74, 6) is 0. The number of nitrogens with one attached hydrogen (secondary N) is 1. The summed E-state index contributed by atoms with van der Waals surface area (Å²) in [4.78, 5) is 7.51. The van der Waals surface area contributed by atoms with E-state index in [4.69, 9.17) is 16.6 Å². The first kappa shape index (κ1) is 15.9. The number of aryl methyl sites for hydroxylation is 1. The third-order valence-corrected chi connectivity index (χ3v) is 5.64. The number of aromatic nitrogens is 2. The second kappa shape index (κ2) is 6.15. The van der Waals surface area contributed by atoms with E-state index >= 15 is 0 Å². The first-order valence-corrected chi connectivity index (χ1v) is 9.54. The standard InChI is InChI=1S/C21H21ClN4/c1-25-18-6-3-2-5-15(18)19-20(26-11-4-9-23-10-12-26)16-13-14(22)7-8-17(16)24-21(19)25/h2-3,5-8,13,23H,4,9-12H2,1H3. The molecule has 0 spiro atoms. The van der Waals surface area contributed by atoms with Crippen LogP contribution < -0.4 is 10.2 Å². The Balaban J connectivity index is 1.95. The third kappa shape index (κ3) is 2.37. The van der Waals surface area contributed by atoms with Crippen molar-refractivity contribution >= 4 is 50.1 Å². The van der Waals surface area contributed by atoms with Crippen LogP contribution in [0.3, 0.4) is 0 Å². The molecule has 5 rings (SSSR count). The van der Waals surface area contributed by atoms with Crippen molar-refractivity contribution in [2.75, 3.05) is 31.1 Å². The Morgan fingerprint density at radius 1 is 1.04 bits per heavy atom. The number of fused-ring (bicyclic) bond motifs is 4. The van der Waals surface area contributed by atoms with E-state index in [1.807, 2.05) is 12.1 Å². The van der Waals surface area contributed by atoms with Crippen LogP contribution in [-0.2, 0) is 7.05 Å². The number of halogens is 1. The maximum atomic E-state index is 6.37. The molecule has 26 heavy (non-hydrogen) atoms. The van der Waals surface area contributed by atoms with Gasteiger partial charge in [0.05, 0.1) is 22.1 Å². The lowest BCUT2D eigenvalue weighted by molar-refractivity contribution is 0.724. The smallest absolute Gasteiger partial charge is 0.143 e. The normalized spacial score (nSPS) is 15.8. The highest BCUT2D eigenvalue weighted by Crippen LogP contribution is 2.40. The molecule has 1 fully saturated rings. The minimum atomic E-state index is 0.757. The fraction of sp³-hybridized carbons (Fsp3) is 0.286. The Morgan fingerprint density at radius 2 is 1.92 bits per heavy atom. The number of nitrogens with zero attached hydrogens (tertiary/aromatic N) is 3. The zero-order chi connectivity index (χ0) is 17.7. The van der Waals surface area contributed by atoms with Crippen LogP contribution in [-0.4, -0.2) is 35.7 Å². The van der Waals surface area contributed by atoms with Gasteiger partial charge in [0.1, 0.15) is 5.65 Å². The Bertz CT molecular complexity index is 1120.